The van der Waals surface area contributed by atoms with Crippen LogP contribution in [0, 0.1) is 0 Å². The van der Waals surface area contributed by atoms with E-state index in [4.69, 9.17) is 11.6 Å². The van der Waals surface area contributed by atoms with E-state index in [-0.39, 0.29) is 17.0 Å². The van der Waals surface area contributed by atoms with E-state index in [0.717, 1.165) is 30.1 Å². The molecule has 1 nitrogen and oxygen atoms in total. The van der Waals surface area contributed by atoms with Crippen molar-refractivity contribution in [1.82, 2.24) is 0 Å². The maximum Gasteiger partial charge on any atom is 0.154 e. The Morgan fingerprint density at radius 3 is 1.30 bits per heavy atom. The van der Waals surface area contributed by atoms with Crippen LogP contribution in [0.4, 0.5) is 0 Å². The molecule has 64 valence electrons. The summed E-state index contributed by atoms with van der Waals surface area (Å²) in [5.41, 5.74) is 0. The van der Waals surface area contributed by atoms with E-state index in [1.54, 1.807) is 0 Å². The van der Waals surface area contributed by atoms with E-state index in [9.17, 15) is 0 Å². The summed E-state index contributed by atoms with van der Waals surface area (Å²) < 4.78 is 1.04. The van der Waals surface area contributed by atoms with Crippen molar-refractivity contribution in [3.8, 4) is 0 Å². The Labute approximate surface area is 79.7 Å². The lowest BCUT2D eigenvalue weighted by atomic mass is 10.4. The molecule has 0 saturated carbocycles. The molecule has 0 aliphatic heterocycles. The summed E-state index contributed by atoms with van der Waals surface area (Å²) >= 11 is 5.80. The number of hydrogen-bond acceptors (Lipinski definition) is 0. The molecule has 0 fully saturated rings. The molecular formula is C7H17BrClN. The highest BCUT2D eigenvalue weighted by Crippen LogP contribution is 2.06. The van der Waals surface area contributed by atoms with Gasteiger partial charge in [-0.15, -0.1) is 0 Å². The average Bonchev–Trinajstić information content (AvgIpc) is 1.95. The first kappa shape index (κ1) is 13.3. The van der Waals surface area contributed by atoms with Crippen LogP contribution in [0.5, 0.6) is 0 Å². The summed E-state index contributed by atoms with van der Waals surface area (Å²) in [6, 6.07) is 0.753. The predicted molar refractivity (Wildman–Crippen MR) is 42.6 cm³/mol. The van der Waals surface area contributed by atoms with Gasteiger partial charge in [0.25, 0.3) is 0 Å². The second kappa shape index (κ2) is 6.44. The van der Waals surface area contributed by atoms with Crippen LogP contribution in [0.3, 0.4) is 0 Å². The Morgan fingerprint density at radius 1 is 1.00 bits per heavy atom. The predicted octanol–water partition coefficient (Wildman–Crippen LogP) is -0.937. The van der Waals surface area contributed by atoms with Gasteiger partial charge in [0.05, 0.1) is 19.6 Å². The van der Waals surface area contributed by atoms with Crippen molar-refractivity contribution >= 4 is 11.6 Å². The van der Waals surface area contributed by atoms with Crippen LogP contribution in [0.1, 0.15) is 20.8 Å². The van der Waals surface area contributed by atoms with Crippen molar-refractivity contribution in [1.29, 1.82) is 0 Å². The normalized spacial score (nSPS) is 10.8. The topological polar surface area (TPSA) is 0 Å². The summed E-state index contributed by atoms with van der Waals surface area (Å²) in [6.07, 6.45) is 0. The molecular weight excluding hydrogens is 213 g/mol. The van der Waals surface area contributed by atoms with Gasteiger partial charge in [-0.1, -0.05) is 11.6 Å². The molecule has 0 aliphatic rings. The van der Waals surface area contributed by atoms with Crippen LogP contribution < -0.4 is 17.0 Å². The zero-order chi connectivity index (χ0) is 7.33. The van der Waals surface area contributed by atoms with Gasteiger partial charge >= 0.3 is 0 Å². The minimum atomic E-state index is 0. The van der Waals surface area contributed by atoms with Gasteiger partial charge in [0.1, 0.15) is 0 Å². The lowest BCUT2D eigenvalue weighted by Crippen LogP contribution is -3.00. The van der Waals surface area contributed by atoms with Crippen molar-refractivity contribution in [2.24, 2.45) is 0 Å². The van der Waals surface area contributed by atoms with Gasteiger partial charge in [-0.05, 0) is 20.8 Å². The molecule has 0 N–H and O–H groups in total. The van der Waals surface area contributed by atoms with Gasteiger partial charge in [-0.3, -0.25) is 0 Å². The molecule has 0 saturated heterocycles. The number of rotatable bonds is 4. The van der Waals surface area contributed by atoms with Gasteiger partial charge in [-0.25, -0.2) is 0 Å². The van der Waals surface area contributed by atoms with Crippen LogP contribution in [0.25, 0.3) is 0 Å². The lowest BCUT2D eigenvalue weighted by molar-refractivity contribution is -0.912. The third-order valence-corrected chi connectivity index (χ3v) is 2.77. The van der Waals surface area contributed by atoms with E-state index >= 15 is 0 Å². The molecule has 10 heavy (non-hydrogen) atoms. The molecule has 0 rings (SSSR count). The fraction of sp³-hybridized carbons (Fsp3) is 1.00. The monoisotopic (exact) mass is 229 g/mol. The fourth-order valence-electron chi connectivity index (χ4n) is 0.924. The molecule has 0 aromatic carbocycles. The Kier molecular flexibility index (Phi) is 8.58. The first-order valence-corrected chi connectivity index (χ1v) is 4.19. The number of alkyl halides is 1. The van der Waals surface area contributed by atoms with Crippen LogP contribution in [0.2, 0.25) is 0 Å². The molecule has 0 atom stereocenters. The van der Waals surface area contributed by atoms with Crippen LogP contribution in [-0.2, 0) is 0 Å². The first-order valence-electron chi connectivity index (χ1n) is 3.65. The second-order valence-electron chi connectivity index (χ2n) is 2.41. The average molecular weight is 231 g/mol. The Bertz CT molecular complexity index is 56.5. The Balaban J connectivity index is 0. The molecule has 0 aliphatic carbocycles. The SMILES string of the molecule is CC[N+](CC)(CC)CCl.[Br-]. The Morgan fingerprint density at radius 2 is 1.30 bits per heavy atom. The highest BCUT2D eigenvalue weighted by Gasteiger charge is 2.17. The molecule has 0 aromatic heterocycles. The highest BCUT2D eigenvalue weighted by atomic mass is 79.9. The first-order chi connectivity index (χ1) is 4.24. The van der Waals surface area contributed by atoms with Crippen LogP contribution in [0.15, 0.2) is 0 Å². The molecule has 0 radical (unpaired) electrons. The summed E-state index contributed by atoms with van der Waals surface area (Å²) in [6.45, 7) is 10.0. The van der Waals surface area contributed by atoms with Gasteiger partial charge in [0.15, 0.2) is 6.00 Å². The van der Waals surface area contributed by atoms with Gasteiger partial charge < -0.3 is 21.5 Å². The van der Waals surface area contributed by atoms with Crippen molar-refractivity contribution in [3.63, 3.8) is 0 Å². The largest absolute Gasteiger partial charge is 1.00 e. The van der Waals surface area contributed by atoms with E-state index in [1.165, 1.54) is 0 Å². The lowest BCUT2D eigenvalue weighted by Gasteiger charge is -2.32. The molecule has 0 aromatic rings. The maximum atomic E-state index is 5.80. The van der Waals surface area contributed by atoms with Crippen LogP contribution >= 0.6 is 11.6 Å². The van der Waals surface area contributed by atoms with Crippen molar-refractivity contribution in [2.45, 2.75) is 20.8 Å². The van der Waals surface area contributed by atoms with Crippen molar-refractivity contribution in [2.75, 3.05) is 25.6 Å². The third kappa shape index (κ3) is 3.22. The fourth-order valence-corrected chi connectivity index (χ4v) is 1.43. The molecule has 0 amide bonds. The van der Waals surface area contributed by atoms with E-state index in [2.05, 4.69) is 20.8 Å². The zero-order valence-corrected chi connectivity index (χ0v) is 9.37. The molecule has 3 heteroatoms. The highest BCUT2D eigenvalue weighted by molar-refractivity contribution is 6.16. The molecule has 0 spiro atoms. The van der Waals surface area contributed by atoms with E-state index in [0.29, 0.717) is 0 Å². The van der Waals surface area contributed by atoms with E-state index < -0.39 is 0 Å². The standard InChI is InChI=1S/C7H17ClN.BrH/c1-4-9(5-2,6-3)7-8;/h4-7H2,1-3H3;1H/q+1;/p-1. The van der Waals surface area contributed by atoms with Gasteiger partial charge in [0, 0.05) is 0 Å². The number of halogens is 2. The quantitative estimate of drug-likeness (QED) is 0.332. The summed E-state index contributed by atoms with van der Waals surface area (Å²) in [5.74, 6) is 0. The summed E-state index contributed by atoms with van der Waals surface area (Å²) in [7, 11) is 0. The molecule has 0 unspecified atom stereocenters. The van der Waals surface area contributed by atoms with Crippen molar-refractivity contribution < 1.29 is 21.5 Å². The molecule has 0 heterocycles. The van der Waals surface area contributed by atoms with Crippen molar-refractivity contribution in [3.05, 3.63) is 0 Å². The minimum absolute atomic E-state index is 0. The van der Waals surface area contributed by atoms with E-state index in [1.807, 2.05) is 0 Å². The van der Waals surface area contributed by atoms with Gasteiger partial charge in [-0.2, -0.15) is 0 Å². The molecule has 0 bridgehead atoms. The van der Waals surface area contributed by atoms with Gasteiger partial charge in [0.2, 0.25) is 0 Å². The Hall–Kier alpha value is 0.730. The summed E-state index contributed by atoms with van der Waals surface area (Å²) in [5, 5.41) is 0. The number of quaternary nitrogens is 1. The number of nitrogens with zero attached hydrogens (tertiary/aromatic N) is 1. The maximum absolute atomic E-state index is 5.80. The summed E-state index contributed by atoms with van der Waals surface area (Å²) in [4.78, 5) is 0. The second-order valence-corrected chi connectivity index (χ2v) is 2.65. The zero-order valence-electron chi connectivity index (χ0n) is 7.03. The minimum Gasteiger partial charge on any atom is -1.00 e. The van der Waals surface area contributed by atoms with Crippen LogP contribution in [-0.4, -0.2) is 30.1 Å². The number of hydrogen-bond donors (Lipinski definition) is 0. The smallest absolute Gasteiger partial charge is 0.154 e. The third-order valence-electron chi connectivity index (χ3n) is 2.27.